The van der Waals surface area contributed by atoms with E-state index in [1.165, 1.54) is 60.3 Å². The number of fused-ring (bicyclic) bond motifs is 9. The van der Waals surface area contributed by atoms with Crippen molar-refractivity contribution in [2.45, 2.75) is 0 Å². The average molecular weight is 894 g/mol. The Hall–Kier alpha value is -9.38. The van der Waals surface area contributed by atoms with Crippen LogP contribution < -0.4 is 4.90 Å². The highest BCUT2D eigenvalue weighted by molar-refractivity contribution is 6.14. The van der Waals surface area contributed by atoms with Gasteiger partial charge in [0.15, 0.2) is 0 Å². The molecule has 4 heteroatoms. The Morgan fingerprint density at radius 3 is 1.11 bits per heavy atom. The molecule has 3 heterocycles. The molecule has 4 nitrogen and oxygen atoms in total. The molecule has 70 heavy (non-hydrogen) atoms. The van der Waals surface area contributed by atoms with Crippen molar-refractivity contribution < 1.29 is 4.42 Å². The SMILES string of the molecule is c1ccc(-n2c3ccccc3c3ccccc32)c(-c2ccc(-c3ccc(N(c4ccc(-c5ccccc5-n5c6ccccc6c6ccccc65)cc4)c4cccc5oc6ccccc6c45)cc3)cc2)c1. The molecule has 11 aromatic carbocycles. The first-order chi connectivity index (χ1) is 34.7. The van der Waals surface area contributed by atoms with Crippen molar-refractivity contribution in [2.75, 3.05) is 4.90 Å². The fraction of sp³-hybridized carbons (Fsp3) is 0. The lowest BCUT2D eigenvalue weighted by Gasteiger charge is -2.27. The molecule has 0 aliphatic heterocycles. The van der Waals surface area contributed by atoms with Gasteiger partial charge >= 0.3 is 0 Å². The molecule has 0 spiro atoms. The molecule has 14 rings (SSSR count). The van der Waals surface area contributed by atoms with Gasteiger partial charge in [-0.25, -0.2) is 0 Å². The van der Waals surface area contributed by atoms with Crippen LogP contribution in [-0.4, -0.2) is 9.13 Å². The lowest BCUT2D eigenvalue weighted by molar-refractivity contribution is 0.669. The van der Waals surface area contributed by atoms with Crippen LogP contribution in [0.25, 0.3) is 110 Å². The Morgan fingerprint density at radius 1 is 0.271 bits per heavy atom. The number of furan rings is 1. The number of benzene rings is 11. The molecule has 0 saturated carbocycles. The number of hydrogen-bond donors (Lipinski definition) is 0. The molecular weight excluding hydrogens is 851 g/mol. The van der Waals surface area contributed by atoms with Gasteiger partial charge in [0.1, 0.15) is 11.2 Å². The van der Waals surface area contributed by atoms with Gasteiger partial charge < -0.3 is 18.5 Å². The second-order valence-electron chi connectivity index (χ2n) is 18.0. The number of para-hydroxylation sites is 7. The number of nitrogens with zero attached hydrogens (tertiary/aromatic N) is 3. The van der Waals surface area contributed by atoms with Crippen molar-refractivity contribution in [1.82, 2.24) is 9.13 Å². The lowest BCUT2D eigenvalue weighted by atomic mass is 9.98. The maximum absolute atomic E-state index is 6.46. The summed E-state index contributed by atoms with van der Waals surface area (Å²) in [4.78, 5) is 2.37. The minimum atomic E-state index is 0.858. The van der Waals surface area contributed by atoms with E-state index in [0.29, 0.717) is 0 Å². The standard InChI is InChI=1S/C66H43N3O/c1-8-23-57(68-59-25-10-3-18-52(59)53-19-4-11-26-60(53)68)50(16-1)46-34-32-44(33-35-46)45-36-40-48(41-37-45)67(63-29-15-31-65-66(63)56-22-7-14-30-64(56)70-65)49-42-38-47(39-43-49)51-17-2-9-24-58(51)69-61-27-12-5-20-54(61)55-21-6-13-28-62(55)69/h1-43H. The van der Waals surface area contributed by atoms with Crippen molar-refractivity contribution in [3.05, 3.63) is 261 Å². The van der Waals surface area contributed by atoms with Gasteiger partial charge in [0.25, 0.3) is 0 Å². The van der Waals surface area contributed by atoms with E-state index in [9.17, 15) is 0 Å². The summed E-state index contributed by atoms with van der Waals surface area (Å²) in [5.74, 6) is 0. The van der Waals surface area contributed by atoms with Crippen molar-refractivity contribution >= 4 is 82.6 Å². The van der Waals surface area contributed by atoms with Gasteiger partial charge in [-0.3, -0.25) is 0 Å². The second-order valence-corrected chi connectivity index (χ2v) is 18.0. The summed E-state index contributed by atoms with van der Waals surface area (Å²) >= 11 is 0. The minimum Gasteiger partial charge on any atom is -0.456 e. The van der Waals surface area contributed by atoms with Gasteiger partial charge in [-0.05, 0) is 101 Å². The summed E-state index contributed by atoms with van der Waals surface area (Å²) in [5, 5.41) is 7.19. The monoisotopic (exact) mass is 893 g/mol. The molecule has 0 aliphatic rings. The first-order valence-electron chi connectivity index (χ1n) is 23.9. The van der Waals surface area contributed by atoms with Crippen LogP contribution in [0.1, 0.15) is 0 Å². The predicted molar refractivity (Wildman–Crippen MR) is 293 cm³/mol. The van der Waals surface area contributed by atoms with Gasteiger partial charge in [-0.2, -0.15) is 0 Å². The van der Waals surface area contributed by atoms with Gasteiger partial charge in [-0.1, -0.05) is 182 Å². The Labute approximate surface area is 404 Å². The normalized spacial score (nSPS) is 11.7. The van der Waals surface area contributed by atoms with Gasteiger partial charge in [-0.15, -0.1) is 0 Å². The third-order valence-electron chi connectivity index (χ3n) is 14.2. The van der Waals surface area contributed by atoms with Crippen LogP contribution in [0.4, 0.5) is 17.1 Å². The van der Waals surface area contributed by atoms with Crippen LogP contribution in [-0.2, 0) is 0 Å². The van der Waals surface area contributed by atoms with Crippen molar-refractivity contribution in [3.63, 3.8) is 0 Å². The highest BCUT2D eigenvalue weighted by atomic mass is 16.3. The number of aromatic nitrogens is 2. The zero-order chi connectivity index (χ0) is 46.1. The predicted octanol–water partition coefficient (Wildman–Crippen LogP) is 18.3. The summed E-state index contributed by atoms with van der Waals surface area (Å²) < 4.78 is 11.3. The van der Waals surface area contributed by atoms with Crippen LogP contribution in [0.3, 0.4) is 0 Å². The molecule has 0 radical (unpaired) electrons. The van der Waals surface area contributed by atoms with Crippen LogP contribution in [0.15, 0.2) is 265 Å². The zero-order valence-electron chi connectivity index (χ0n) is 38.1. The van der Waals surface area contributed by atoms with E-state index in [4.69, 9.17) is 4.42 Å². The molecule has 0 bridgehead atoms. The van der Waals surface area contributed by atoms with Crippen LogP contribution >= 0.6 is 0 Å². The van der Waals surface area contributed by atoms with E-state index in [1.54, 1.807) is 0 Å². The minimum absolute atomic E-state index is 0.858. The van der Waals surface area contributed by atoms with E-state index in [2.05, 4.69) is 269 Å². The molecule has 0 aliphatic carbocycles. The zero-order valence-corrected chi connectivity index (χ0v) is 38.1. The molecule has 0 unspecified atom stereocenters. The summed E-state index contributed by atoms with van der Waals surface area (Å²) in [5.41, 5.74) is 19.0. The van der Waals surface area contributed by atoms with Crippen molar-refractivity contribution in [2.24, 2.45) is 0 Å². The lowest BCUT2D eigenvalue weighted by Crippen LogP contribution is -2.10. The smallest absolute Gasteiger partial charge is 0.137 e. The summed E-state index contributed by atoms with van der Waals surface area (Å²) in [7, 11) is 0. The van der Waals surface area contributed by atoms with E-state index in [0.717, 1.165) is 67.1 Å². The van der Waals surface area contributed by atoms with Crippen molar-refractivity contribution in [1.29, 1.82) is 0 Å². The largest absolute Gasteiger partial charge is 0.456 e. The summed E-state index contributed by atoms with van der Waals surface area (Å²) in [6.45, 7) is 0. The van der Waals surface area contributed by atoms with E-state index in [1.807, 2.05) is 6.07 Å². The maximum Gasteiger partial charge on any atom is 0.137 e. The van der Waals surface area contributed by atoms with Gasteiger partial charge in [0.05, 0.1) is 44.5 Å². The summed E-state index contributed by atoms with van der Waals surface area (Å²) in [6, 6.07) is 94.0. The Bertz CT molecular complexity index is 4180. The molecule has 0 atom stereocenters. The quantitative estimate of drug-likeness (QED) is 0.152. The molecule has 3 aromatic heterocycles. The third kappa shape index (κ3) is 6.31. The van der Waals surface area contributed by atoms with E-state index >= 15 is 0 Å². The highest BCUT2D eigenvalue weighted by Gasteiger charge is 2.21. The Balaban J connectivity index is 0.845. The first kappa shape index (κ1) is 39.8. The number of rotatable bonds is 8. The fourth-order valence-electron chi connectivity index (χ4n) is 11.0. The van der Waals surface area contributed by atoms with Crippen LogP contribution in [0.5, 0.6) is 0 Å². The Kier molecular flexibility index (Phi) is 9.17. The molecule has 328 valence electrons. The maximum atomic E-state index is 6.46. The van der Waals surface area contributed by atoms with Gasteiger partial charge in [0, 0.05) is 49.4 Å². The molecule has 0 N–H and O–H groups in total. The molecule has 0 fully saturated rings. The Morgan fingerprint density at radius 2 is 0.629 bits per heavy atom. The highest BCUT2D eigenvalue weighted by Crippen LogP contribution is 2.45. The first-order valence-corrected chi connectivity index (χ1v) is 23.9. The van der Waals surface area contributed by atoms with Crippen molar-refractivity contribution in [3.8, 4) is 44.8 Å². The van der Waals surface area contributed by atoms with E-state index in [-0.39, 0.29) is 0 Å². The molecule has 14 aromatic rings. The van der Waals surface area contributed by atoms with Gasteiger partial charge in [0.2, 0.25) is 0 Å². The van der Waals surface area contributed by atoms with Crippen LogP contribution in [0, 0.1) is 0 Å². The molecule has 0 amide bonds. The average Bonchev–Trinajstić information content (AvgIpc) is 4.10. The topological polar surface area (TPSA) is 26.2 Å². The second kappa shape index (κ2) is 16.2. The van der Waals surface area contributed by atoms with Crippen LogP contribution in [0.2, 0.25) is 0 Å². The molecular formula is C66H43N3O. The summed E-state index contributed by atoms with van der Waals surface area (Å²) in [6.07, 6.45) is 0. The van der Waals surface area contributed by atoms with E-state index < -0.39 is 0 Å². The fourth-order valence-corrected chi connectivity index (χ4v) is 11.0. The number of hydrogen-bond acceptors (Lipinski definition) is 2. The molecule has 0 saturated heterocycles. The number of anilines is 3. The third-order valence-corrected chi connectivity index (χ3v) is 14.2.